The Morgan fingerprint density at radius 3 is 2.76 bits per heavy atom. The van der Waals surface area contributed by atoms with Crippen molar-refractivity contribution in [2.75, 3.05) is 20.2 Å². The predicted molar refractivity (Wildman–Crippen MR) is 85.7 cm³/mol. The Bertz CT molecular complexity index is 453. The van der Waals surface area contributed by atoms with Crippen molar-refractivity contribution in [3.8, 4) is 5.75 Å². The maximum Gasteiger partial charge on any atom is 0.488 e. The lowest BCUT2D eigenvalue weighted by Gasteiger charge is -2.22. The van der Waals surface area contributed by atoms with Gasteiger partial charge >= 0.3 is 7.12 Å². The molecule has 2 N–H and O–H groups in total. The number of hydrogen-bond acceptors (Lipinski definition) is 4. The zero-order valence-electron chi connectivity index (χ0n) is 13.1. The van der Waals surface area contributed by atoms with Crippen LogP contribution in [0.4, 0.5) is 0 Å². The Balaban J connectivity index is 2.08. The van der Waals surface area contributed by atoms with Gasteiger partial charge in [-0.05, 0) is 49.8 Å². The summed E-state index contributed by atoms with van der Waals surface area (Å²) in [5.74, 6) is 1.66. The number of methoxy groups -OCH3 is 1. The summed E-state index contributed by atoms with van der Waals surface area (Å²) in [5, 5.41) is 18.7. The summed E-state index contributed by atoms with van der Waals surface area (Å²) in [6, 6.07) is 5.35. The van der Waals surface area contributed by atoms with Gasteiger partial charge in [-0.2, -0.15) is 0 Å². The summed E-state index contributed by atoms with van der Waals surface area (Å²) in [5.41, 5.74) is 1.55. The molecule has 1 aliphatic rings. The van der Waals surface area contributed by atoms with Crippen LogP contribution in [0.2, 0.25) is 0 Å². The first kappa shape index (κ1) is 16.3. The van der Waals surface area contributed by atoms with Crippen molar-refractivity contribution in [2.45, 2.75) is 39.2 Å². The molecule has 0 bridgehead atoms. The molecule has 0 amide bonds. The minimum atomic E-state index is -1.43. The predicted octanol–water partition coefficient (Wildman–Crippen LogP) is 1.39. The van der Waals surface area contributed by atoms with Crippen LogP contribution in [-0.2, 0) is 6.54 Å². The van der Waals surface area contributed by atoms with Crippen LogP contribution in [0.3, 0.4) is 0 Å². The quantitative estimate of drug-likeness (QED) is 0.805. The van der Waals surface area contributed by atoms with E-state index < -0.39 is 7.12 Å². The number of hydrogen-bond donors (Lipinski definition) is 2. The van der Waals surface area contributed by atoms with Gasteiger partial charge in [-0.3, -0.25) is 4.90 Å². The van der Waals surface area contributed by atoms with E-state index in [-0.39, 0.29) is 0 Å². The average molecular weight is 291 g/mol. The SMILES string of the molecule is CCC1CCCN(Cc2cc(B(O)O)ccc2OC)CC1. The first-order valence-electron chi connectivity index (χ1n) is 7.89. The van der Waals surface area contributed by atoms with Gasteiger partial charge in [-0.1, -0.05) is 25.5 Å². The van der Waals surface area contributed by atoms with Crippen molar-refractivity contribution in [1.29, 1.82) is 0 Å². The second kappa shape index (κ2) is 7.83. The first-order valence-corrected chi connectivity index (χ1v) is 7.89. The monoisotopic (exact) mass is 291 g/mol. The normalized spacial score (nSPS) is 20.1. The second-order valence-corrected chi connectivity index (χ2v) is 5.93. The second-order valence-electron chi connectivity index (χ2n) is 5.93. The molecule has 1 aliphatic heterocycles. The van der Waals surface area contributed by atoms with E-state index in [1.807, 2.05) is 12.1 Å². The van der Waals surface area contributed by atoms with Gasteiger partial charge in [-0.15, -0.1) is 0 Å². The van der Waals surface area contributed by atoms with Gasteiger partial charge in [0.2, 0.25) is 0 Å². The molecule has 1 saturated heterocycles. The minimum absolute atomic E-state index is 0.520. The summed E-state index contributed by atoms with van der Waals surface area (Å²) in [7, 11) is 0.229. The molecule has 1 atom stereocenters. The molecule has 1 unspecified atom stereocenters. The molecule has 116 valence electrons. The summed E-state index contributed by atoms with van der Waals surface area (Å²) in [6.07, 6.45) is 5.08. The Kier molecular flexibility index (Phi) is 6.09. The number of nitrogens with zero attached hydrogens (tertiary/aromatic N) is 1. The molecule has 1 fully saturated rings. The average Bonchev–Trinajstić information content (AvgIpc) is 2.72. The summed E-state index contributed by atoms with van der Waals surface area (Å²) in [6.45, 7) is 5.29. The van der Waals surface area contributed by atoms with E-state index in [2.05, 4.69) is 11.8 Å². The number of likely N-dealkylation sites (tertiary alicyclic amines) is 1. The number of ether oxygens (including phenoxy) is 1. The highest BCUT2D eigenvalue weighted by Gasteiger charge is 2.19. The summed E-state index contributed by atoms with van der Waals surface area (Å²) in [4.78, 5) is 2.45. The molecule has 0 spiro atoms. The molecule has 21 heavy (non-hydrogen) atoms. The fraction of sp³-hybridized carbons (Fsp3) is 0.625. The van der Waals surface area contributed by atoms with Crippen LogP contribution in [0.1, 0.15) is 38.2 Å². The Hall–Kier alpha value is -1.04. The number of benzene rings is 1. The largest absolute Gasteiger partial charge is 0.496 e. The lowest BCUT2D eigenvalue weighted by Crippen LogP contribution is -2.31. The van der Waals surface area contributed by atoms with Gasteiger partial charge < -0.3 is 14.8 Å². The van der Waals surface area contributed by atoms with Crippen LogP contribution < -0.4 is 10.2 Å². The highest BCUT2D eigenvalue weighted by atomic mass is 16.5. The summed E-state index contributed by atoms with van der Waals surface area (Å²) < 4.78 is 5.41. The van der Waals surface area contributed by atoms with Crippen LogP contribution in [-0.4, -0.2) is 42.3 Å². The Labute approximate surface area is 127 Å². The van der Waals surface area contributed by atoms with Gasteiger partial charge in [-0.25, -0.2) is 0 Å². The van der Waals surface area contributed by atoms with E-state index in [1.54, 1.807) is 13.2 Å². The standard InChI is InChI=1S/C16H26BNO3/c1-3-13-5-4-9-18(10-8-13)12-14-11-15(17(19)20)6-7-16(14)21-2/h6-7,11,13,19-20H,3-5,8-10,12H2,1-2H3. The van der Waals surface area contributed by atoms with E-state index in [1.165, 1.54) is 25.7 Å². The van der Waals surface area contributed by atoms with E-state index in [9.17, 15) is 10.0 Å². The van der Waals surface area contributed by atoms with E-state index in [0.29, 0.717) is 5.46 Å². The van der Waals surface area contributed by atoms with Crippen LogP contribution in [0.15, 0.2) is 18.2 Å². The molecular weight excluding hydrogens is 265 g/mol. The van der Waals surface area contributed by atoms with Crippen molar-refractivity contribution in [3.63, 3.8) is 0 Å². The maximum atomic E-state index is 9.33. The highest BCUT2D eigenvalue weighted by Crippen LogP contribution is 2.24. The zero-order valence-corrected chi connectivity index (χ0v) is 13.1. The van der Waals surface area contributed by atoms with E-state index in [4.69, 9.17) is 4.74 Å². The van der Waals surface area contributed by atoms with Crippen LogP contribution in [0, 0.1) is 5.92 Å². The van der Waals surface area contributed by atoms with Crippen molar-refractivity contribution >= 4 is 12.6 Å². The van der Waals surface area contributed by atoms with Crippen LogP contribution in [0.5, 0.6) is 5.75 Å². The minimum Gasteiger partial charge on any atom is -0.496 e. The van der Waals surface area contributed by atoms with Gasteiger partial charge in [0.1, 0.15) is 5.75 Å². The molecule has 5 heteroatoms. The number of rotatable bonds is 5. The highest BCUT2D eigenvalue weighted by molar-refractivity contribution is 6.58. The molecule has 2 rings (SSSR count). The molecule has 0 saturated carbocycles. The molecule has 0 aliphatic carbocycles. The van der Waals surface area contributed by atoms with Gasteiger partial charge in [0.15, 0.2) is 0 Å². The van der Waals surface area contributed by atoms with Crippen molar-refractivity contribution in [1.82, 2.24) is 4.90 Å². The van der Waals surface area contributed by atoms with E-state index in [0.717, 1.165) is 36.9 Å². The van der Waals surface area contributed by atoms with Crippen molar-refractivity contribution in [2.24, 2.45) is 5.92 Å². The topological polar surface area (TPSA) is 52.9 Å². The molecule has 1 heterocycles. The maximum absolute atomic E-state index is 9.33. The molecule has 1 aromatic rings. The first-order chi connectivity index (χ1) is 10.1. The molecular formula is C16H26BNO3. The smallest absolute Gasteiger partial charge is 0.488 e. The fourth-order valence-corrected chi connectivity index (χ4v) is 3.11. The Morgan fingerprint density at radius 2 is 2.10 bits per heavy atom. The third-order valence-corrected chi connectivity index (χ3v) is 4.51. The van der Waals surface area contributed by atoms with Crippen LogP contribution >= 0.6 is 0 Å². The Morgan fingerprint density at radius 1 is 1.29 bits per heavy atom. The lowest BCUT2D eigenvalue weighted by atomic mass is 9.79. The molecule has 4 nitrogen and oxygen atoms in total. The molecule has 0 radical (unpaired) electrons. The fourth-order valence-electron chi connectivity index (χ4n) is 3.11. The van der Waals surface area contributed by atoms with E-state index >= 15 is 0 Å². The third kappa shape index (κ3) is 4.46. The van der Waals surface area contributed by atoms with Crippen molar-refractivity contribution < 1.29 is 14.8 Å². The zero-order chi connectivity index (χ0) is 15.2. The van der Waals surface area contributed by atoms with Crippen LogP contribution in [0.25, 0.3) is 0 Å². The van der Waals surface area contributed by atoms with Gasteiger partial charge in [0, 0.05) is 12.1 Å². The molecule has 1 aromatic carbocycles. The lowest BCUT2D eigenvalue weighted by molar-refractivity contribution is 0.267. The molecule has 0 aromatic heterocycles. The van der Waals surface area contributed by atoms with Gasteiger partial charge in [0.25, 0.3) is 0 Å². The van der Waals surface area contributed by atoms with Crippen molar-refractivity contribution in [3.05, 3.63) is 23.8 Å². The van der Waals surface area contributed by atoms with Gasteiger partial charge in [0.05, 0.1) is 7.11 Å². The summed E-state index contributed by atoms with van der Waals surface area (Å²) >= 11 is 0. The third-order valence-electron chi connectivity index (χ3n) is 4.51.